The third kappa shape index (κ3) is 2.99. The number of ether oxygens (including phenoxy) is 1. The van der Waals surface area contributed by atoms with E-state index in [0.29, 0.717) is 5.56 Å². The molecule has 19 heavy (non-hydrogen) atoms. The van der Waals surface area contributed by atoms with Crippen molar-refractivity contribution in [3.63, 3.8) is 0 Å². The SMILES string of the molecule is Cc1cc(-c2cccc(OC(F)F)c2)cn(C)c1=O. The average molecular weight is 265 g/mol. The molecule has 0 aliphatic heterocycles. The molecule has 0 amide bonds. The molecule has 1 aromatic carbocycles. The van der Waals surface area contributed by atoms with E-state index < -0.39 is 6.61 Å². The maximum atomic E-state index is 12.2. The van der Waals surface area contributed by atoms with Gasteiger partial charge in [0.05, 0.1) is 0 Å². The molecule has 0 atom stereocenters. The van der Waals surface area contributed by atoms with E-state index in [1.165, 1.54) is 16.7 Å². The van der Waals surface area contributed by atoms with Crippen LogP contribution in [0.5, 0.6) is 5.75 Å². The normalized spacial score (nSPS) is 10.8. The Morgan fingerprint density at radius 2 is 1.95 bits per heavy atom. The molecule has 2 rings (SSSR count). The Bertz CT molecular complexity index is 624. The van der Waals surface area contributed by atoms with Gasteiger partial charge in [-0.2, -0.15) is 8.78 Å². The highest BCUT2D eigenvalue weighted by Crippen LogP contribution is 2.24. The molecule has 0 radical (unpaired) electrons. The Labute approximate surface area is 109 Å². The van der Waals surface area contributed by atoms with Crippen LogP contribution in [0.4, 0.5) is 8.78 Å². The summed E-state index contributed by atoms with van der Waals surface area (Å²) in [5, 5.41) is 0. The number of rotatable bonds is 3. The molecule has 0 saturated heterocycles. The molecule has 100 valence electrons. The predicted molar refractivity (Wildman–Crippen MR) is 68.5 cm³/mol. The van der Waals surface area contributed by atoms with Gasteiger partial charge in [0.25, 0.3) is 5.56 Å². The lowest BCUT2D eigenvalue weighted by molar-refractivity contribution is -0.0498. The summed E-state index contributed by atoms with van der Waals surface area (Å²) in [6, 6.07) is 8.12. The molecular weight excluding hydrogens is 252 g/mol. The molecule has 1 heterocycles. The zero-order valence-corrected chi connectivity index (χ0v) is 10.6. The van der Waals surface area contributed by atoms with Crippen LogP contribution in [0.2, 0.25) is 0 Å². The zero-order valence-electron chi connectivity index (χ0n) is 10.6. The molecular formula is C14H13F2NO2. The molecule has 0 bridgehead atoms. The summed E-state index contributed by atoms with van der Waals surface area (Å²) < 4.78 is 30.2. The van der Waals surface area contributed by atoms with Crippen LogP contribution in [0.1, 0.15) is 5.56 Å². The van der Waals surface area contributed by atoms with Crippen LogP contribution in [0, 0.1) is 6.92 Å². The van der Waals surface area contributed by atoms with E-state index >= 15 is 0 Å². The van der Waals surface area contributed by atoms with Gasteiger partial charge in [-0.05, 0) is 36.2 Å². The first-order valence-electron chi connectivity index (χ1n) is 5.70. The lowest BCUT2D eigenvalue weighted by Gasteiger charge is -2.09. The topological polar surface area (TPSA) is 31.2 Å². The smallest absolute Gasteiger partial charge is 0.387 e. The molecule has 0 saturated carbocycles. The van der Waals surface area contributed by atoms with Gasteiger partial charge in [-0.1, -0.05) is 12.1 Å². The third-order valence-corrected chi connectivity index (χ3v) is 2.75. The van der Waals surface area contributed by atoms with Crippen LogP contribution < -0.4 is 10.3 Å². The van der Waals surface area contributed by atoms with Crippen molar-refractivity contribution in [3.05, 3.63) is 52.4 Å². The summed E-state index contributed by atoms with van der Waals surface area (Å²) in [7, 11) is 1.65. The van der Waals surface area contributed by atoms with Crippen molar-refractivity contribution in [2.45, 2.75) is 13.5 Å². The second-order valence-electron chi connectivity index (χ2n) is 4.23. The number of halogens is 2. The molecule has 0 aliphatic carbocycles. The van der Waals surface area contributed by atoms with E-state index in [0.717, 1.165) is 11.1 Å². The van der Waals surface area contributed by atoms with Crippen molar-refractivity contribution in [1.82, 2.24) is 4.57 Å². The minimum absolute atomic E-state index is 0.0799. The monoisotopic (exact) mass is 265 g/mol. The zero-order chi connectivity index (χ0) is 14.0. The number of pyridine rings is 1. The van der Waals surface area contributed by atoms with Gasteiger partial charge in [-0.3, -0.25) is 4.79 Å². The highest BCUT2D eigenvalue weighted by atomic mass is 19.3. The van der Waals surface area contributed by atoms with Gasteiger partial charge in [-0.25, -0.2) is 0 Å². The van der Waals surface area contributed by atoms with Crippen LogP contribution in [-0.4, -0.2) is 11.2 Å². The first kappa shape index (κ1) is 13.3. The van der Waals surface area contributed by atoms with Crippen molar-refractivity contribution >= 4 is 0 Å². The van der Waals surface area contributed by atoms with Crippen LogP contribution in [0.25, 0.3) is 11.1 Å². The van der Waals surface area contributed by atoms with Crippen LogP contribution in [-0.2, 0) is 7.05 Å². The van der Waals surface area contributed by atoms with Crippen molar-refractivity contribution in [3.8, 4) is 16.9 Å². The van der Waals surface area contributed by atoms with Gasteiger partial charge < -0.3 is 9.30 Å². The van der Waals surface area contributed by atoms with Crippen molar-refractivity contribution in [2.24, 2.45) is 7.05 Å². The van der Waals surface area contributed by atoms with Gasteiger partial charge in [0.15, 0.2) is 0 Å². The molecule has 0 spiro atoms. The number of aromatic nitrogens is 1. The second-order valence-corrected chi connectivity index (χ2v) is 4.23. The Morgan fingerprint density at radius 1 is 1.21 bits per heavy atom. The molecule has 0 N–H and O–H groups in total. The summed E-state index contributed by atoms with van der Waals surface area (Å²) in [6.45, 7) is -1.14. The lowest BCUT2D eigenvalue weighted by Crippen LogP contribution is -2.18. The number of benzene rings is 1. The average Bonchev–Trinajstić information content (AvgIpc) is 2.35. The first-order chi connectivity index (χ1) is 8.97. The Balaban J connectivity index is 2.44. The minimum Gasteiger partial charge on any atom is -0.435 e. The van der Waals surface area contributed by atoms with Gasteiger partial charge in [0.2, 0.25) is 0 Å². The van der Waals surface area contributed by atoms with Crippen LogP contribution in [0.15, 0.2) is 41.3 Å². The first-order valence-corrected chi connectivity index (χ1v) is 5.70. The number of nitrogens with zero attached hydrogens (tertiary/aromatic N) is 1. The molecule has 0 aliphatic rings. The van der Waals surface area contributed by atoms with Crippen LogP contribution >= 0.6 is 0 Å². The van der Waals surface area contributed by atoms with E-state index in [9.17, 15) is 13.6 Å². The number of aryl methyl sites for hydroxylation is 2. The standard InChI is InChI=1S/C14H13F2NO2/c1-9-6-11(8-17(2)13(9)18)10-4-3-5-12(7-10)19-14(15)16/h3-8,14H,1-2H3. The van der Waals surface area contributed by atoms with Gasteiger partial charge in [0, 0.05) is 18.8 Å². The van der Waals surface area contributed by atoms with Crippen molar-refractivity contribution < 1.29 is 13.5 Å². The highest BCUT2D eigenvalue weighted by molar-refractivity contribution is 5.64. The quantitative estimate of drug-likeness (QED) is 0.854. The molecule has 1 aromatic heterocycles. The fourth-order valence-electron chi connectivity index (χ4n) is 1.89. The number of alkyl halides is 2. The summed E-state index contributed by atoms with van der Waals surface area (Å²) in [5.74, 6) is 0.0963. The molecule has 0 unspecified atom stereocenters. The summed E-state index contributed by atoms with van der Waals surface area (Å²) in [4.78, 5) is 11.6. The second kappa shape index (κ2) is 5.22. The molecule has 2 aromatic rings. The van der Waals surface area contributed by atoms with Gasteiger partial charge >= 0.3 is 6.61 Å². The summed E-state index contributed by atoms with van der Waals surface area (Å²) in [5.41, 5.74) is 2.01. The largest absolute Gasteiger partial charge is 0.435 e. The lowest BCUT2D eigenvalue weighted by atomic mass is 10.1. The third-order valence-electron chi connectivity index (χ3n) is 2.75. The molecule has 3 nitrogen and oxygen atoms in total. The van der Waals surface area contributed by atoms with E-state index in [1.807, 2.05) is 0 Å². The van der Waals surface area contributed by atoms with Gasteiger partial charge in [0.1, 0.15) is 5.75 Å². The number of hydrogen-bond donors (Lipinski definition) is 0. The molecule has 0 fully saturated rings. The van der Waals surface area contributed by atoms with Crippen molar-refractivity contribution in [1.29, 1.82) is 0 Å². The highest BCUT2D eigenvalue weighted by Gasteiger charge is 2.07. The van der Waals surface area contributed by atoms with Crippen LogP contribution in [0.3, 0.4) is 0 Å². The van der Waals surface area contributed by atoms with Crippen molar-refractivity contribution in [2.75, 3.05) is 0 Å². The Kier molecular flexibility index (Phi) is 3.64. The fourth-order valence-corrected chi connectivity index (χ4v) is 1.89. The summed E-state index contributed by atoms with van der Waals surface area (Å²) >= 11 is 0. The van der Waals surface area contributed by atoms with E-state index in [2.05, 4.69) is 4.74 Å². The maximum Gasteiger partial charge on any atom is 0.387 e. The minimum atomic E-state index is -2.85. The number of hydrogen-bond acceptors (Lipinski definition) is 2. The van der Waals surface area contributed by atoms with E-state index in [-0.39, 0.29) is 11.3 Å². The van der Waals surface area contributed by atoms with Gasteiger partial charge in [-0.15, -0.1) is 0 Å². The summed E-state index contributed by atoms with van der Waals surface area (Å²) in [6.07, 6.45) is 1.66. The Hall–Kier alpha value is -2.17. The molecule has 5 heteroatoms. The fraction of sp³-hybridized carbons (Fsp3) is 0.214. The van der Waals surface area contributed by atoms with E-state index in [1.54, 1.807) is 38.4 Å². The maximum absolute atomic E-state index is 12.2. The Morgan fingerprint density at radius 3 is 2.58 bits per heavy atom. The predicted octanol–water partition coefficient (Wildman–Crippen LogP) is 2.96. The van der Waals surface area contributed by atoms with E-state index in [4.69, 9.17) is 0 Å².